The molecule has 2 amide bonds. The molecule has 1 heterocycles. The van der Waals surface area contributed by atoms with E-state index in [9.17, 15) is 14.4 Å². The number of methoxy groups -OCH3 is 1. The fraction of sp³-hybridized carbons (Fsp3) is 0.0800. The maximum atomic E-state index is 12.9. The molecule has 3 aromatic carbocycles. The molecule has 8 nitrogen and oxygen atoms in total. The van der Waals surface area contributed by atoms with E-state index < -0.39 is 17.8 Å². The van der Waals surface area contributed by atoms with E-state index in [1.807, 2.05) is 6.07 Å². The van der Waals surface area contributed by atoms with Crippen LogP contribution in [0.15, 0.2) is 78.4 Å². The number of aromatic carboxylic acids is 1. The van der Waals surface area contributed by atoms with E-state index in [2.05, 4.69) is 5.43 Å². The number of carbonyl (C=O) groups is 3. The zero-order valence-corrected chi connectivity index (χ0v) is 17.6. The zero-order valence-electron chi connectivity index (χ0n) is 17.6. The molecule has 0 aromatic heterocycles. The molecule has 8 heteroatoms. The number of nitrogens with zero attached hydrogens (tertiary/aromatic N) is 1. The van der Waals surface area contributed by atoms with E-state index in [0.717, 1.165) is 5.56 Å². The number of hydrogen-bond acceptors (Lipinski definition) is 5. The number of hydrazine groups is 1. The summed E-state index contributed by atoms with van der Waals surface area (Å²) >= 11 is 0. The number of amides is 2. The molecule has 1 saturated heterocycles. The number of anilines is 1. The van der Waals surface area contributed by atoms with Crippen LogP contribution in [0.4, 0.5) is 5.69 Å². The predicted octanol–water partition coefficient (Wildman–Crippen LogP) is 3.43. The van der Waals surface area contributed by atoms with E-state index >= 15 is 0 Å². The summed E-state index contributed by atoms with van der Waals surface area (Å²) in [7, 11) is 1.49. The van der Waals surface area contributed by atoms with Crippen LogP contribution in [0.5, 0.6) is 11.5 Å². The van der Waals surface area contributed by atoms with Gasteiger partial charge in [-0.25, -0.2) is 9.80 Å². The van der Waals surface area contributed by atoms with Crippen LogP contribution in [0.2, 0.25) is 0 Å². The van der Waals surface area contributed by atoms with Crippen molar-refractivity contribution in [3.05, 3.63) is 95.1 Å². The summed E-state index contributed by atoms with van der Waals surface area (Å²) in [6, 6.07) is 20.2. The highest BCUT2D eigenvalue weighted by Gasteiger charge is 2.34. The highest BCUT2D eigenvalue weighted by molar-refractivity contribution is 6.31. The van der Waals surface area contributed by atoms with Gasteiger partial charge < -0.3 is 14.6 Å². The van der Waals surface area contributed by atoms with Crippen LogP contribution >= 0.6 is 0 Å². The maximum Gasteiger partial charge on any atom is 0.335 e. The second-order valence-corrected chi connectivity index (χ2v) is 7.14. The summed E-state index contributed by atoms with van der Waals surface area (Å²) in [6.07, 6.45) is 1.46. The number of carbonyl (C=O) groups excluding carboxylic acids is 2. The Balaban J connectivity index is 1.62. The fourth-order valence-electron chi connectivity index (χ4n) is 3.33. The number of rotatable bonds is 7. The van der Waals surface area contributed by atoms with Gasteiger partial charge in [-0.2, -0.15) is 0 Å². The van der Waals surface area contributed by atoms with Crippen molar-refractivity contribution < 1.29 is 29.0 Å². The lowest BCUT2D eigenvalue weighted by molar-refractivity contribution is -0.117. The molecule has 2 N–H and O–H groups in total. The molecule has 0 radical (unpaired) electrons. The minimum Gasteiger partial charge on any atom is -0.493 e. The highest BCUT2D eigenvalue weighted by Crippen LogP contribution is 2.34. The van der Waals surface area contributed by atoms with Crippen LogP contribution in [-0.4, -0.2) is 30.0 Å². The van der Waals surface area contributed by atoms with Crippen LogP contribution in [0.3, 0.4) is 0 Å². The minimum atomic E-state index is -1.01. The van der Waals surface area contributed by atoms with Crippen molar-refractivity contribution in [2.75, 3.05) is 12.1 Å². The van der Waals surface area contributed by atoms with Gasteiger partial charge >= 0.3 is 5.97 Å². The SMILES string of the molecule is COc1cccc(/C=C2/C(=O)NN(c3ccccc3)C2=O)c1OCc1ccc(C(=O)O)cc1. The minimum absolute atomic E-state index is 0.0391. The van der Waals surface area contributed by atoms with Gasteiger partial charge in [-0.3, -0.25) is 15.0 Å². The van der Waals surface area contributed by atoms with Crippen molar-refractivity contribution in [1.82, 2.24) is 5.43 Å². The Morgan fingerprint density at radius 3 is 2.39 bits per heavy atom. The number of benzene rings is 3. The Kier molecular flexibility index (Phi) is 6.08. The number of para-hydroxylation sites is 2. The molecule has 166 valence electrons. The van der Waals surface area contributed by atoms with Gasteiger partial charge in [0, 0.05) is 5.56 Å². The van der Waals surface area contributed by atoms with Gasteiger partial charge in [0.2, 0.25) is 0 Å². The molecule has 0 atom stereocenters. The molecule has 1 aliphatic heterocycles. The van der Waals surface area contributed by atoms with Gasteiger partial charge in [0.25, 0.3) is 11.8 Å². The highest BCUT2D eigenvalue weighted by atomic mass is 16.5. The molecule has 1 aliphatic rings. The van der Waals surface area contributed by atoms with E-state index in [1.54, 1.807) is 54.6 Å². The van der Waals surface area contributed by atoms with Gasteiger partial charge in [0.05, 0.1) is 18.4 Å². The molecule has 0 unspecified atom stereocenters. The third-order valence-corrected chi connectivity index (χ3v) is 5.02. The molecule has 3 aromatic rings. The molecule has 0 bridgehead atoms. The van der Waals surface area contributed by atoms with Gasteiger partial charge in [-0.05, 0) is 42.0 Å². The van der Waals surface area contributed by atoms with E-state index in [-0.39, 0.29) is 17.7 Å². The summed E-state index contributed by atoms with van der Waals surface area (Å²) in [6.45, 7) is 0.132. The average molecular weight is 444 g/mol. The van der Waals surface area contributed by atoms with Crippen LogP contribution in [0.1, 0.15) is 21.5 Å². The summed E-state index contributed by atoms with van der Waals surface area (Å²) in [5.41, 5.74) is 4.49. The normalized spacial score (nSPS) is 14.3. The summed E-state index contributed by atoms with van der Waals surface area (Å²) in [5, 5.41) is 10.2. The largest absolute Gasteiger partial charge is 0.493 e. The van der Waals surface area contributed by atoms with Crippen LogP contribution in [0, 0.1) is 0 Å². The van der Waals surface area contributed by atoms with Crippen molar-refractivity contribution in [3.8, 4) is 11.5 Å². The Hall–Kier alpha value is -4.59. The fourth-order valence-corrected chi connectivity index (χ4v) is 3.33. The molecular formula is C25H20N2O6. The summed E-state index contributed by atoms with van der Waals surface area (Å²) in [5.74, 6) is -1.23. The monoisotopic (exact) mass is 444 g/mol. The standard InChI is InChI=1S/C25H20N2O6/c1-32-21-9-5-6-18(22(21)33-15-16-10-12-17(13-11-16)25(30)31)14-20-23(28)26-27(24(20)29)19-7-3-2-4-8-19/h2-14H,15H2,1H3,(H,26,28)(H,30,31)/b20-14-. The summed E-state index contributed by atoms with van der Waals surface area (Å²) in [4.78, 5) is 36.5. The van der Waals surface area contributed by atoms with Gasteiger partial charge in [0.1, 0.15) is 12.2 Å². The molecule has 0 spiro atoms. The molecular weight excluding hydrogens is 424 g/mol. The molecule has 0 saturated carbocycles. The average Bonchev–Trinajstić information content (AvgIpc) is 3.12. The Labute approximate surface area is 189 Å². The zero-order chi connectivity index (χ0) is 23.4. The van der Waals surface area contributed by atoms with E-state index in [4.69, 9.17) is 14.6 Å². The quantitative estimate of drug-likeness (QED) is 0.427. The van der Waals surface area contributed by atoms with Crippen molar-refractivity contribution in [2.24, 2.45) is 0 Å². The van der Waals surface area contributed by atoms with Crippen molar-refractivity contribution in [1.29, 1.82) is 0 Å². The van der Waals surface area contributed by atoms with E-state index in [1.165, 1.54) is 30.3 Å². The van der Waals surface area contributed by atoms with Crippen molar-refractivity contribution in [2.45, 2.75) is 6.61 Å². The summed E-state index contributed by atoms with van der Waals surface area (Å²) < 4.78 is 11.4. The van der Waals surface area contributed by atoms with Crippen LogP contribution in [-0.2, 0) is 16.2 Å². The number of carboxylic acid groups (broad SMARTS) is 1. The maximum absolute atomic E-state index is 12.9. The molecule has 33 heavy (non-hydrogen) atoms. The van der Waals surface area contributed by atoms with Gasteiger partial charge in [-0.15, -0.1) is 0 Å². The smallest absolute Gasteiger partial charge is 0.335 e. The first-order valence-corrected chi connectivity index (χ1v) is 10.0. The molecule has 0 aliphatic carbocycles. The number of nitrogens with one attached hydrogen (secondary N) is 1. The number of hydrogen-bond donors (Lipinski definition) is 2. The second-order valence-electron chi connectivity index (χ2n) is 7.14. The predicted molar refractivity (Wildman–Crippen MR) is 121 cm³/mol. The first-order chi connectivity index (χ1) is 16.0. The van der Waals surface area contributed by atoms with Gasteiger partial charge in [0.15, 0.2) is 11.5 Å². The lowest BCUT2D eigenvalue weighted by atomic mass is 10.1. The van der Waals surface area contributed by atoms with Crippen molar-refractivity contribution >= 4 is 29.5 Å². The lowest BCUT2D eigenvalue weighted by Gasteiger charge is -2.14. The van der Waals surface area contributed by atoms with Crippen molar-refractivity contribution in [3.63, 3.8) is 0 Å². The Bertz CT molecular complexity index is 1240. The van der Waals surface area contributed by atoms with Crippen LogP contribution in [0.25, 0.3) is 6.08 Å². The Morgan fingerprint density at radius 2 is 1.73 bits per heavy atom. The van der Waals surface area contributed by atoms with E-state index in [0.29, 0.717) is 22.7 Å². The molecule has 4 rings (SSSR count). The van der Waals surface area contributed by atoms with Crippen LogP contribution < -0.4 is 19.9 Å². The van der Waals surface area contributed by atoms with Gasteiger partial charge in [-0.1, -0.05) is 42.5 Å². The molecule has 1 fully saturated rings. The first-order valence-electron chi connectivity index (χ1n) is 10.0. The number of carboxylic acids is 1. The topological polar surface area (TPSA) is 105 Å². The Morgan fingerprint density at radius 1 is 1.00 bits per heavy atom. The third kappa shape index (κ3) is 4.54. The third-order valence-electron chi connectivity index (χ3n) is 5.02. The lowest BCUT2D eigenvalue weighted by Crippen LogP contribution is -2.35. The first kappa shape index (κ1) is 21.6. The number of ether oxygens (including phenoxy) is 2. The second kappa shape index (κ2) is 9.27.